The number of aliphatic hydroxyl groups is 1. The second-order valence-corrected chi connectivity index (χ2v) is 28.1. The Hall–Kier alpha value is -19.0. The van der Waals surface area contributed by atoms with Crippen LogP contribution in [0.3, 0.4) is 0 Å². The molecule has 1 aliphatic heterocycles. The van der Waals surface area contributed by atoms with E-state index in [1.54, 1.807) is 0 Å². The number of rotatable bonds is 24. The zero-order valence-corrected chi connectivity index (χ0v) is 67.4. The van der Waals surface area contributed by atoms with Crippen LogP contribution in [-0.2, 0) is 28.4 Å². The van der Waals surface area contributed by atoms with Gasteiger partial charge in [-0.15, -0.1) is 0 Å². The maximum atomic E-state index is 15.3. The van der Waals surface area contributed by atoms with Gasteiger partial charge in [0.1, 0.15) is 12.7 Å². The molecule has 48 nitrogen and oxygen atoms in total. The van der Waals surface area contributed by atoms with Crippen molar-refractivity contribution in [2.75, 3.05) is 13.7 Å². The van der Waals surface area contributed by atoms with Gasteiger partial charge in [-0.1, -0.05) is 30.3 Å². The van der Waals surface area contributed by atoms with Crippen molar-refractivity contribution in [3.63, 3.8) is 0 Å². The van der Waals surface area contributed by atoms with Crippen LogP contribution in [0.1, 0.15) is 122 Å². The van der Waals surface area contributed by atoms with Gasteiger partial charge in [0.05, 0.1) is 61.7 Å². The molecule has 1 aliphatic rings. The lowest BCUT2D eigenvalue weighted by Crippen LogP contribution is -2.63. The van der Waals surface area contributed by atoms with Crippen molar-refractivity contribution in [3.8, 4) is 172 Å². The molecule has 7 atom stereocenters. The summed E-state index contributed by atoms with van der Waals surface area (Å²) in [4.78, 5) is 142. The Morgan fingerprint density at radius 2 is 0.485 bits per heavy atom. The van der Waals surface area contributed by atoms with Gasteiger partial charge in [-0.3, -0.25) is 0 Å². The van der Waals surface area contributed by atoms with Gasteiger partial charge in [0.25, 0.3) is 0 Å². The third-order valence-electron chi connectivity index (χ3n) is 19.0. The number of likely N-dealkylation sites (N-methyl/N-ethyl adjacent to an activating group) is 1. The topological polar surface area (TPSA) is 810 Å². The number of aliphatic hydroxyl groups excluding tert-OH is 1. The molecule has 11 aromatic rings. The number of carbonyl (C=O) groups is 10. The molecule has 0 radical (unpaired) electrons. The molecular weight excluding hydrogens is 1800 g/mol. The number of ether oxygens (including phenoxy) is 11. The molecule has 0 bridgehead atoms. The van der Waals surface area contributed by atoms with Crippen LogP contribution in [0.2, 0.25) is 0 Å². The van der Waals surface area contributed by atoms with Gasteiger partial charge in [0, 0.05) is 6.04 Å². The van der Waals surface area contributed by atoms with Crippen molar-refractivity contribution in [1.29, 1.82) is 0 Å². The third kappa shape index (κ3) is 21.0. The van der Waals surface area contributed by atoms with E-state index in [-0.39, 0.29) is 6.04 Å². The summed E-state index contributed by atoms with van der Waals surface area (Å²) in [6.07, 6.45) is -15.5. The van der Waals surface area contributed by atoms with Crippen LogP contribution < -0.4 is 29.0 Å². The molecule has 12 rings (SSSR count). The average molecular weight is 1870 g/mol. The molecule has 134 heavy (non-hydrogen) atoms. The van der Waals surface area contributed by atoms with Crippen LogP contribution in [0.15, 0.2) is 152 Å². The van der Waals surface area contributed by atoms with Crippen LogP contribution in [-0.4, -0.2) is 243 Å². The number of nitrogens with one attached hydrogen (secondary N) is 1. The highest BCUT2D eigenvalue weighted by atomic mass is 16.8. The molecule has 27 N–H and O–H groups in total. The van der Waals surface area contributed by atoms with Crippen molar-refractivity contribution >= 4 is 59.7 Å². The lowest BCUT2D eigenvalue weighted by atomic mass is 9.97. The predicted octanol–water partition coefficient (Wildman–Crippen LogP) is 6.17. The Bertz CT molecular complexity index is 6470. The standard InChI is InChI=1S/C76H52O46.C10H15NO/c77-32-1-22(2-33(78)53(32)92)67(103)113-47-16-27(11-42(87)58(47)97)66(102)112-21-52-63(119-72(108)28-12-43(88)59(98)48(17-28)114-68(104)23-3-34(79)54(93)35(80)4-23)64(120-73(109)29-13-44(89)60(99)49(18-29)115-69(105)24-5-36(81)55(94)37(82)6-24)65(121-74(110)30-14-45(90)61(100)50(19-30)116-70(106)25-7-38(83)56(95)39(84)8-25)76(118-52)122-75(111)31-15-46(91)62(101)51(20-31)117-71(107)26-9-40(85)57(96)41(86)10-26;1-8(11-2)10(12)9-6-4-3-5-7-9/h1-20,52,63-65,76-101H,21H2;3-8,10-12H,1-2H3/t52-,63-,64+,65-,76+;8-,10+/m11/s1. The highest BCUT2D eigenvalue weighted by Gasteiger charge is 2.55. The minimum absolute atomic E-state index is 0.0902. The summed E-state index contributed by atoms with van der Waals surface area (Å²) < 4.78 is 60.4. The van der Waals surface area contributed by atoms with Gasteiger partial charge in [-0.05, 0) is 141 Å². The number of hydrogen-bond donors (Lipinski definition) is 27. The smallest absolute Gasteiger partial charge is 0.343 e. The van der Waals surface area contributed by atoms with Crippen LogP contribution in [0.25, 0.3) is 0 Å². The number of phenolic OH excluding ortho intramolecular Hbond substituents is 25. The Morgan fingerprint density at radius 1 is 0.276 bits per heavy atom. The highest BCUT2D eigenvalue weighted by Crippen LogP contribution is 2.48. The fraction of sp³-hybridized carbons (Fsp3) is 0.116. The molecule has 698 valence electrons. The number of benzene rings is 11. The normalized spacial score (nSPS) is 14.7. The number of phenols is 25. The summed E-state index contributed by atoms with van der Waals surface area (Å²) >= 11 is 0. The summed E-state index contributed by atoms with van der Waals surface area (Å²) in [5.74, 6) is -56.0. The number of hydrogen-bond acceptors (Lipinski definition) is 48. The van der Waals surface area contributed by atoms with E-state index in [1.807, 2.05) is 44.3 Å². The molecule has 0 saturated carbocycles. The van der Waals surface area contributed by atoms with E-state index in [4.69, 9.17) is 52.1 Å². The van der Waals surface area contributed by atoms with Gasteiger partial charge in [-0.2, -0.15) is 0 Å². The fourth-order valence-electron chi connectivity index (χ4n) is 11.9. The molecule has 0 aliphatic carbocycles. The predicted molar refractivity (Wildman–Crippen MR) is 433 cm³/mol. The Morgan fingerprint density at radius 3 is 0.731 bits per heavy atom. The molecule has 0 spiro atoms. The monoisotopic (exact) mass is 1870 g/mol. The number of carbonyl (C=O) groups excluding carboxylic acids is 10. The minimum atomic E-state index is -3.12. The Kier molecular flexibility index (Phi) is 27.9. The summed E-state index contributed by atoms with van der Waals surface area (Å²) in [5.41, 5.74) is -8.93. The van der Waals surface area contributed by atoms with E-state index in [0.29, 0.717) is 121 Å². The first kappa shape index (κ1) is 95.7. The number of aromatic hydroxyl groups is 25. The average Bonchev–Trinajstić information content (AvgIpc) is 0.762. The van der Waals surface area contributed by atoms with Crippen LogP contribution in [0.5, 0.6) is 172 Å². The van der Waals surface area contributed by atoms with Crippen molar-refractivity contribution in [3.05, 3.63) is 213 Å². The van der Waals surface area contributed by atoms with Crippen molar-refractivity contribution in [2.24, 2.45) is 0 Å². The van der Waals surface area contributed by atoms with Gasteiger partial charge in [0.15, 0.2) is 156 Å². The first-order valence-corrected chi connectivity index (χ1v) is 37.3. The van der Waals surface area contributed by atoms with E-state index >= 15 is 14.4 Å². The van der Waals surface area contributed by atoms with Gasteiger partial charge in [-0.25, -0.2) is 47.9 Å². The van der Waals surface area contributed by atoms with Gasteiger partial charge in [0.2, 0.25) is 41.1 Å². The van der Waals surface area contributed by atoms with Gasteiger partial charge < -0.3 is 190 Å². The first-order chi connectivity index (χ1) is 63.1. The SMILES string of the molecule is CN[C@H](C)[C@H](O)c1ccccc1.O=C(OC[C@H]1O[C@@H](OC(=O)c2cc(O)c(O)c(OC(=O)c3cc(O)c(O)c(O)c3)c2)[C@H](OC(=O)c2cc(O)c(O)c(OC(=O)c3cc(O)c(O)c(O)c3)c2)[C@@H](OC(=O)c2cc(O)c(O)c(OC(=O)c3cc(O)c(O)c(O)c3)c2)[C@@H]1OC(=O)c1cc(O)c(O)c(OC(=O)c2cc(O)c(O)c(O)c2)c1)c1cc(O)c(O)c(OC(=O)c2cc(O)c(O)c(O)c2)c1. The maximum Gasteiger partial charge on any atom is 0.343 e. The molecule has 1 heterocycles. The zero-order chi connectivity index (χ0) is 98.4. The van der Waals surface area contributed by atoms with Gasteiger partial charge >= 0.3 is 59.7 Å². The maximum absolute atomic E-state index is 15.3. The quantitative estimate of drug-likeness (QED) is 0.0139. The first-order valence-electron chi connectivity index (χ1n) is 37.3. The largest absolute Gasteiger partial charge is 0.504 e. The van der Waals surface area contributed by atoms with Crippen molar-refractivity contribution in [2.45, 2.75) is 49.8 Å². The Balaban J connectivity index is 0.00000133. The zero-order valence-electron chi connectivity index (χ0n) is 67.4. The molecule has 48 heteroatoms. The summed E-state index contributed by atoms with van der Waals surface area (Å²) in [7, 11) is 1.84. The van der Waals surface area contributed by atoms with Crippen LogP contribution in [0, 0.1) is 0 Å². The number of esters is 10. The van der Waals surface area contributed by atoms with Crippen LogP contribution >= 0.6 is 0 Å². The molecule has 11 aromatic carbocycles. The third-order valence-corrected chi connectivity index (χ3v) is 19.0. The second-order valence-electron chi connectivity index (χ2n) is 28.1. The lowest BCUT2D eigenvalue weighted by Gasteiger charge is -2.43. The van der Waals surface area contributed by atoms with E-state index < -0.39 is 331 Å². The van der Waals surface area contributed by atoms with E-state index in [9.17, 15) is 166 Å². The fourth-order valence-corrected chi connectivity index (χ4v) is 11.9. The molecule has 0 amide bonds. The van der Waals surface area contributed by atoms with E-state index in [1.165, 1.54) is 0 Å². The summed E-state index contributed by atoms with van der Waals surface area (Å²) in [5, 5.41) is 274. The molecule has 1 saturated heterocycles. The molecule has 0 aromatic heterocycles. The second kappa shape index (κ2) is 39.1. The van der Waals surface area contributed by atoms with E-state index in [0.717, 1.165) is 5.56 Å². The molecular formula is C86H67NO47. The lowest BCUT2D eigenvalue weighted by molar-refractivity contribution is -0.282. The van der Waals surface area contributed by atoms with Crippen molar-refractivity contribution < 1.29 is 233 Å². The summed E-state index contributed by atoms with van der Waals surface area (Å²) in [6, 6.07) is 18.3. The Labute approximate surface area is 743 Å². The van der Waals surface area contributed by atoms with Crippen molar-refractivity contribution in [1.82, 2.24) is 5.32 Å². The minimum Gasteiger partial charge on any atom is -0.504 e. The van der Waals surface area contributed by atoms with E-state index in [2.05, 4.69) is 5.32 Å². The molecule has 1 fully saturated rings. The highest BCUT2D eigenvalue weighted by molar-refractivity contribution is 6.00. The van der Waals surface area contributed by atoms with Crippen LogP contribution in [0.4, 0.5) is 0 Å². The molecule has 0 unspecified atom stereocenters. The summed E-state index contributed by atoms with van der Waals surface area (Å²) in [6.45, 7) is 0.248.